The van der Waals surface area contributed by atoms with Crippen LogP contribution in [0.4, 0.5) is 5.69 Å². The first kappa shape index (κ1) is 19.2. The van der Waals surface area contributed by atoms with Crippen LogP contribution in [0.15, 0.2) is 24.1 Å². The second-order valence-electron chi connectivity index (χ2n) is 5.67. The van der Waals surface area contributed by atoms with Gasteiger partial charge in [0.05, 0.1) is 16.6 Å². The van der Waals surface area contributed by atoms with Crippen LogP contribution in [0.5, 0.6) is 0 Å². The van der Waals surface area contributed by atoms with Crippen molar-refractivity contribution < 1.29 is 9.00 Å². The summed E-state index contributed by atoms with van der Waals surface area (Å²) in [6.45, 7) is 6.89. The number of piperidine rings is 1. The van der Waals surface area contributed by atoms with Gasteiger partial charge in [0.2, 0.25) is 5.91 Å². The third-order valence-electron chi connectivity index (χ3n) is 3.98. The third-order valence-corrected chi connectivity index (χ3v) is 5.57. The number of halogens is 2. The van der Waals surface area contributed by atoms with Crippen molar-refractivity contribution in [1.82, 2.24) is 9.62 Å². The SMILES string of the molecule is C=CS(=O)NC1CCN(C(=O)CNc2cc(Cl)c(Cl)cc2C)CC1. The van der Waals surface area contributed by atoms with E-state index in [4.69, 9.17) is 23.2 Å². The van der Waals surface area contributed by atoms with Crippen molar-refractivity contribution in [2.24, 2.45) is 0 Å². The minimum atomic E-state index is -1.21. The first-order valence-corrected chi connectivity index (χ1v) is 9.64. The van der Waals surface area contributed by atoms with E-state index in [1.54, 1.807) is 12.1 Å². The molecule has 0 aromatic heterocycles. The number of anilines is 1. The zero-order valence-corrected chi connectivity index (χ0v) is 15.8. The average molecular weight is 390 g/mol. The molecule has 2 rings (SSSR count). The summed E-state index contributed by atoms with van der Waals surface area (Å²) in [5.74, 6) is 0.0313. The first-order valence-electron chi connectivity index (χ1n) is 7.67. The summed E-state index contributed by atoms with van der Waals surface area (Å²) in [7, 11) is -1.21. The van der Waals surface area contributed by atoms with Gasteiger partial charge in [-0.2, -0.15) is 0 Å². The summed E-state index contributed by atoms with van der Waals surface area (Å²) in [6.07, 6.45) is 1.55. The smallest absolute Gasteiger partial charge is 0.241 e. The topological polar surface area (TPSA) is 61.4 Å². The van der Waals surface area contributed by atoms with Crippen LogP contribution in [0.1, 0.15) is 18.4 Å². The number of rotatable bonds is 6. The van der Waals surface area contributed by atoms with Gasteiger partial charge < -0.3 is 10.2 Å². The molecule has 2 N–H and O–H groups in total. The van der Waals surface area contributed by atoms with Gasteiger partial charge in [0.1, 0.15) is 11.0 Å². The number of amides is 1. The van der Waals surface area contributed by atoms with Crippen molar-refractivity contribution in [1.29, 1.82) is 0 Å². The molecule has 8 heteroatoms. The predicted molar refractivity (Wildman–Crippen MR) is 101 cm³/mol. The zero-order valence-electron chi connectivity index (χ0n) is 13.5. The molecule has 1 unspecified atom stereocenters. The lowest BCUT2D eigenvalue weighted by Crippen LogP contribution is -2.46. The number of carbonyl (C=O) groups excluding carboxylic acids is 1. The molecule has 1 amide bonds. The monoisotopic (exact) mass is 389 g/mol. The van der Waals surface area contributed by atoms with Crippen molar-refractivity contribution in [3.05, 3.63) is 39.7 Å². The van der Waals surface area contributed by atoms with E-state index in [9.17, 15) is 9.00 Å². The molecule has 1 atom stereocenters. The van der Waals surface area contributed by atoms with Gasteiger partial charge in [0.15, 0.2) is 0 Å². The maximum atomic E-state index is 12.3. The molecule has 1 saturated heterocycles. The van der Waals surface area contributed by atoms with Crippen molar-refractivity contribution in [3.8, 4) is 0 Å². The second-order valence-corrected chi connectivity index (χ2v) is 7.65. The molecule has 1 aliphatic heterocycles. The van der Waals surface area contributed by atoms with Crippen LogP contribution in [-0.4, -0.2) is 40.7 Å². The fourth-order valence-corrected chi connectivity index (χ4v) is 3.62. The average Bonchev–Trinajstić information content (AvgIpc) is 2.57. The summed E-state index contributed by atoms with van der Waals surface area (Å²) >= 11 is 12.0. The Balaban J connectivity index is 1.83. The van der Waals surface area contributed by atoms with E-state index in [0.29, 0.717) is 23.1 Å². The minimum Gasteiger partial charge on any atom is -0.376 e. The maximum Gasteiger partial charge on any atom is 0.241 e. The second kappa shape index (κ2) is 8.85. The highest BCUT2D eigenvalue weighted by molar-refractivity contribution is 7.86. The number of hydrogen-bond acceptors (Lipinski definition) is 3. The number of hydrogen-bond donors (Lipinski definition) is 2. The Morgan fingerprint density at radius 2 is 2.00 bits per heavy atom. The lowest BCUT2D eigenvalue weighted by molar-refractivity contribution is -0.130. The van der Waals surface area contributed by atoms with Crippen LogP contribution < -0.4 is 10.0 Å². The highest BCUT2D eigenvalue weighted by atomic mass is 35.5. The van der Waals surface area contributed by atoms with E-state index in [2.05, 4.69) is 16.6 Å². The maximum absolute atomic E-state index is 12.3. The summed E-state index contributed by atoms with van der Waals surface area (Å²) in [6, 6.07) is 3.65. The number of benzene rings is 1. The molecular weight excluding hydrogens is 369 g/mol. The molecule has 24 heavy (non-hydrogen) atoms. The largest absolute Gasteiger partial charge is 0.376 e. The molecular formula is C16H21Cl2N3O2S. The van der Waals surface area contributed by atoms with E-state index in [1.165, 1.54) is 5.41 Å². The molecule has 0 bridgehead atoms. The molecule has 0 radical (unpaired) electrons. The van der Waals surface area contributed by atoms with Gasteiger partial charge in [-0.15, -0.1) is 0 Å². The summed E-state index contributed by atoms with van der Waals surface area (Å²) < 4.78 is 14.4. The molecule has 1 fully saturated rings. The van der Waals surface area contributed by atoms with Crippen molar-refractivity contribution in [3.63, 3.8) is 0 Å². The zero-order chi connectivity index (χ0) is 17.7. The molecule has 0 aliphatic carbocycles. The minimum absolute atomic E-state index is 0.0313. The molecule has 0 spiro atoms. The summed E-state index contributed by atoms with van der Waals surface area (Å²) in [4.78, 5) is 14.1. The fourth-order valence-electron chi connectivity index (χ4n) is 2.58. The van der Waals surface area contributed by atoms with Gasteiger partial charge in [-0.05, 0) is 37.5 Å². The van der Waals surface area contributed by atoms with Crippen molar-refractivity contribution in [2.75, 3.05) is 25.0 Å². The van der Waals surface area contributed by atoms with Gasteiger partial charge in [-0.3, -0.25) is 4.79 Å². The highest BCUT2D eigenvalue weighted by Crippen LogP contribution is 2.28. The molecule has 1 heterocycles. The Bertz CT molecular complexity index is 646. The van der Waals surface area contributed by atoms with Crippen molar-refractivity contribution in [2.45, 2.75) is 25.8 Å². The van der Waals surface area contributed by atoms with E-state index in [0.717, 1.165) is 24.1 Å². The van der Waals surface area contributed by atoms with Crippen molar-refractivity contribution >= 4 is 45.8 Å². The van der Waals surface area contributed by atoms with Crippen LogP contribution in [0.2, 0.25) is 10.0 Å². The van der Waals surface area contributed by atoms with Crippen LogP contribution >= 0.6 is 23.2 Å². The van der Waals surface area contributed by atoms with E-state index < -0.39 is 11.0 Å². The molecule has 1 aliphatic rings. The molecule has 1 aromatic carbocycles. The van der Waals surface area contributed by atoms with Crippen LogP contribution in [0.3, 0.4) is 0 Å². The van der Waals surface area contributed by atoms with Crippen LogP contribution in [0, 0.1) is 6.92 Å². The summed E-state index contributed by atoms with van der Waals surface area (Å²) in [5, 5.41) is 5.45. The highest BCUT2D eigenvalue weighted by Gasteiger charge is 2.23. The quantitative estimate of drug-likeness (QED) is 0.785. The van der Waals surface area contributed by atoms with Gasteiger partial charge in [0.25, 0.3) is 0 Å². The predicted octanol–water partition coefficient (Wildman–Crippen LogP) is 3.10. The standard InChI is InChI=1S/C16H21Cl2N3O2S/c1-3-24(23)20-12-4-6-21(7-5-12)16(22)10-19-15-9-14(18)13(17)8-11(15)2/h3,8-9,12,19-20H,1,4-7,10H2,2H3. The number of nitrogens with zero attached hydrogens (tertiary/aromatic N) is 1. The van der Waals surface area contributed by atoms with E-state index in [-0.39, 0.29) is 18.5 Å². The summed E-state index contributed by atoms with van der Waals surface area (Å²) in [5.41, 5.74) is 1.74. The van der Waals surface area contributed by atoms with E-state index >= 15 is 0 Å². The molecule has 132 valence electrons. The van der Waals surface area contributed by atoms with Crippen LogP contribution in [0.25, 0.3) is 0 Å². The Morgan fingerprint density at radius 1 is 1.38 bits per heavy atom. The Morgan fingerprint density at radius 3 is 2.62 bits per heavy atom. The number of aryl methyl sites for hydroxylation is 1. The Labute approximate surface area is 155 Å². The lowest BCUT2D eigenvalue weighted by atomic mass is 10.1. The van der Waals surface area contributed by atoms with E-state index in [1.807, 2.05) is 11.8 Å². The molecule has 1 aromatic rings. The van der Waals surface area contributed by atoms with Gasteiger partial charge >= 0.3 is 0 Å². The Hall–Kier alpha value is -1.08. The number of likely N-dealkylation sites (tertiary alicyclic amines) is 1. The van der Waals surface area contributed by atoms with Gasteiger partial charge in [0, 0.05) is 30.2 Å². The molecule has 0 saturated carbocycles. The number of carbonyl (C=O) groups is 1. The fraction of sp³-hybridized carbons (Fsp3) is 0.438. The third kappa shape index (κ3) is 5.21. The van der Waals surface area contributed by atoms with Gasteiger partial charge in [-0.25, -0.2) is 8.93 Å². The molecule has 5 nitrogen and oxygen atoms in total. The first-order chi connectivity index (χ1) is 11.4. The lowest BCUT2D eigenvalue weighted by Gasteiger charge is -2.32. The van der Waals surface area contributed by atoms with Gasteiger partial charge in [-0.1, -0.05) is 29.8 Å². The number of nitrogens with one attached hydrogen (secondary N) is 2. The Kier molecular flexibility index (Phi) is 7.10. The van der Waals surface area contributed by atoms with Crippen LogP contribution in [-0.2, 0) is 15.8 Å². The normalized spacial score (nSPS) is 16.7.